The quantitative estimate of drug-likeness (QED) is 0.778. The van der Waals surface area contributed by atoms with Crippen LogP contribution < -0.4 is 0 Å². The van der Waals surface area contributed by atoms with Crippen LogP contribution in [0.1, 0.15) is 39.0 Å². The molecule has 0 aromatic carbocycles. The van der Waals surface area contributed by atoms with E-state index in [1.807, 2.05) is 33.8 Å². The Morgan fingerprint density at radius 2 is 1.90 bits per heavy atom. The molecule has 1 fully saturated rings. The molecular formula is C14H16BFN2O2. The van der Waals surface area contributed by atoms with Crippen molar-refractivity contribution >= 4 is 12.9 Å². The van der Waals surface area contributed by atoms with E-state index in [0.29, 0.717) is 5.56 Å². The first-order valence-corrected chi connectivity index (χ1v) is 6.35. The van der Waals surface area contributed by atoms with Crippen molar-refractivity contribution in [2.24, 2.45) is 0 Å². The molecule has 1 saturated heterocycles. The van der Waals surface area contributed by atoms with Gasteiger partial charge < -0.3 is 9.31 Å². The highest BCUT2D eigenvalue weighted by molar-refractivity contribution is 6.53. The Labute approximate surface area is 118 Å². The first-order chi connectivity index (χ1) is 9.25. The third kappa shape index (κ3) is 2.74. The van der Waals surface area contributed by atoms with E-state index in [1.165, 1.54) is 24.3 Å². The number of nitrogens with zero attached hydrogens (tertiary/aromatic N) is 2. The van der Waals surface area contributed by atoms with Gasteiger partial charge in [0.1, 0.15) is 11.9 Å². The van der Waals surface area contributed by atoms with Gasteiger partial charge in [0.2, 0.25) is 0 Å². The van der Waals surface area contributed by atoms with Gasteiger partial charge in [0, 0.05) is 6.20 Å². The monoisotopic (exact) mass is 274 g/mol. The Bertz CT molecular complexity index is 560. The summed E-state index contributed by atoms with van der Waals surface area (Å²) in [5.41, 5.74) is -0.477. The molecule has 1 aliphatic heterocycles. The molecule has 0 aliphatic carbocycles. The van der Waals surface area contributed by atoms with Crippen LogP contribution in [-0.4, -0.2) is 23.3 Å². The number of halogens is 1. The Kier molecular flexibility index (Phi) is 3.68. The molecule has 0 N–H and O–H groups in total. The summed E-state index contributed by atoms with van der Waals surface area (Å²) in [5.74, 6) is 0.721. The van der Waals surface area contributed by atoms with Crippen LogP contribution in [0, 0.1) is 11.3 Å². The second kappa shape index (κ2) is 5.00. The van der Waals surface area contributed by atoms with Gasteiger partial charge >= 0.3 is 7.12 Å². The average Bonchev–Trinajstić information content (AvgIpc) is 2.57. The van der Waals surface area contributed by atoms with Gasteiger partial charge in [-0.25, -0.2) is 4.39 Å². The molecule has 6 heteroatoms. The highest BCUT2D eigenvalue weighted by Gasteiger charge is 2.50. The smallest absolute Gasteiger partial charge is 0.400 e. The van der Waals surface area contributed by atoms with Crippen molar-refractivity contribution in [1.29, 1.82) is 5.26 Å². The summed E-state index contributed by atoms with van der Waals surface area (Å²) >= 11 is 0. The standard InChI is InChI=1S/C14H16BFN2O2/c1-13(2)14(3,4)20-15(19-13)7-11(16)12-6-5-10(8-17)9-18-12/h5-7,9H,1-4H3. The summed E-state index contributed by atoms with van der Waals surface area (Å²) in [6.07, 6.45) is 1.33. The molecule has 20 heavy (non-hydrogen) atoms. The molecule has 0 spiro atoms. The Morgan fingerprint density at radius 3 is 2.35 bits per heavy atom. The van der Waals surface area contributed by atoms with Crippen molar-refractivity contribution in [2.45, 2.75) is 38.9 Å². The predicted molar refractivity (Wildman–Crippen MR) is 74.1 cm³/mol. The molecule has 0 saturated carbocycles. The first kappa shape index (κ1) is 14.7. The molecule has 104 valence electrons. The maximum atomic E-state index is 14.1. The van der Waals surface area contributed by atoms with Crippen LogP contribution in [0.25, 0.3) is 5.83 Å². The fraction of sp³-hybridized carbons (Fsp3) is 0.429. The number of hydrogen-bond donors (Lipinski definition) is 0. The maximum absolute atomic E-state index is 14.1. The van der Waals surface area contributed by atoms with E-state index in [1.54, 1.807) is 0 Å². The second-order valence-corrected chi connectivity index (χ2v) is 5.68. The molecule has 4 nitrogen and oxygen atoms in total. The third-order valence-corrected chi connectivity index (χ3v) is 3.69. The molecule has 0 bridgehead atoms. The zero-order valence-corrected chi connectivity index (χ0v) is 12.0. The SMILES string of the molecule is CC1(C)OB(C=C(F)c2ccc(C#N)cn2)OC1(C)C. The van der Waals surface area contributed by atoms with E-state index in [-0.39, 0.29) is 5.69 Å². The fourth-order valence-electron chi connectivity index (χ4n) is 1.76. The lowest BCUT2D eigenvalue weighted by Gasteiger charge is -2.32. The van der Waals surface area contributed by atoms with Crippen molar-refractivity contribution < 1.29 is 13.7 Å². The van der Waals surface area contributed by atoms with Crippen LogP contribution in [-0.2, 0) is 9.31 Å². The van der Waals surface area contributed by atoms with E-state index in [2.05, 4.69) is 4.98 Å². The summed E-state index contributed by atoms with van der Waals surface area (Å²) in [7, 11) is -0.752. The topological polar surface area (TPSA) is 55.1 Å². The maximum Gasteiger partial charge on any atom is 0.490 e. The van der Waals surface area contributed by atoms with Crippen molar-refractivity contribution in [1.82, 2.24) is 4.98 Å². The number of hydrogen-bond acceptors (Lipinski definition) is 4. The van der Waals surface area contributed by atoms with Gasteiger partial charge in [0.05, 0.1) is 22.5 Å². The molecule has 2 rings (SSSR count). The predicted octanol–water partition coefficient (Wildman–Crippen LogP) is 2.90. The number of pyridine rings is 1. The molecule has 0 unspecified atom stereocenters. The molecule has 1 aromatic rings. The highest BCUT2D eigenvalue weighted by Crippen LogP contribution is 2.37. The number of nitriles is 1. The van der Waals surface area contributed by atoms with E-state index in [4.69, 9.17) is 14.6 Å². The van der Waals surface area contributed by atoms with E-state index < -0.39 is 24.1 Å². The summed E-state index contributed by atoms with van der Waals surface area (Å²) in [6, 6.07) is 4.90. The van der Waals surface area contributed by atoms with Crippen molar-refractivity contribution in [3.63, 3.8) is 0 Å². The van der Waals surface area contributed by atoms with Crippen LogP contribution in [0.2, 0.25) is 0 Å². The van der Waals surface area contributed by atoms with Crippen molar-refractivity contribution in [3.05, 3.63) is 35.6 Å². The lowest BCUT2D eigenvalue weighted by atomic mass is 9.89. The van der Waals surface area contributed by atoms with Gasteiger partial charge in [-0.1, -0.05) is 0 Å². The molecule has 1 aliphatic rings. The molecule has 2 heterocycles. The van der Waals surface area contributed by atoms with Gasteiger partial charge in [0.15, 0.2) is 0 Å². The normalized spacial score (nSPS) is 20.8. The summed E-state index contributed by atoms with van der Waals surface area (Å²) < 4.78 is 25.4. The Morgan fingerprint density at radius 1 is 1.30 bits per heavy atom. The van der Waals surface area contributed by atoms with Crippen LogP contribution in [0.5, 0.6) is 0 Å². The van der Waals surface area contributed by atoms with Gasteiger partial charge in [-0.3, -0.25) is 4.98 Å². The summed E-state index contributed by atoms with van der Waals surface area (Å²) in [5, 5.41) is 8.67. The number of aromatic nitrogens is 1. The minimum atomic E-state index is -0.752. The largest absolute Gasteiger partial charge is 0.490 e. The zero-order valence-electron chi connectivity index (χ0n) is 12.0. The minimum absolute atomic E-state index is 0.152. The second-order valence-electron chi connectivity index (χ2n) is 5.68. The Balaban J connectivity index is 2.17. The van der Waals surface area contributed by atoms with Gasteiger partial charge in [0.25, 0.3) is 0 Å². The molecule has 0 radical (unpaired) electrons. The molecular weight excluding hydrogens is 258 g/mol. The first-order valence-electron chi connectivity index (χ1n) is 6.35. The highest BCUT2D eigenvalue weighted by atomic mass is 19.1. The van der Waals surface area contributed by atoms with Crippen molar-refractivity contribution in [2.75, 3.05) is 0 Å². The lowest BCUT2D eigenvalue weighted by molar-refractivity contribution is 0.00578. The summed E-state index contributed by atoms with van der Waals surface area (Å²) in [4.78, 5) is 3.89. The van der Waals surface area contributed by atoms with Crippen LogP contribution in [0.15, 0.2) is 24.3 Å². The average molecular weight is 274 g/mol. The van der Waals surface area contributed by atoms with Crippen LogP contribution >= 0.6 is 0 Å². The van der Waals surface area contributed by atoms with Crippen LogP contribution in [0.3, 0.4) is 0 Å². The summed E-state index contributed by atoms with van der Waals surface area (Å²) in [6.45, 7) is 7.61. The molecule has 1 aromatic heterocycles. The number of rotatable bonds is 2. The van der Waals surface area contributed by atoms with Crippen molar-refractivity contribution in [3.8, 4) is 6.07 Å². The lowest BCUT2D eigenvalue weighted by Crippen LogP contribution is -2.41. The molecule has 0 amide bonds. The van der Waals surface area contributed by atoms with Gasteiger partial charge in [-0.05, 0) is 45.8 Å². The Hall–Kier alpha value is -1.71. The van der Waals surface area contributed by atoms with Gasteiger partial charge in [-0.2, -0.15) is 5.26 Å². The van der Waals surface area contributed by atoms with Gasteiger partial charge in [-0.15, -0.1) is 0 Å². The van der Waals surface area contributed by atoms with Crippen LogP contribution in [0.4, 0.5) is 4.39 Å². The fourth-order valence-corrected chi connectivity index (χ4v) is 1.76. The molecule has 0 atom stereocenters. The minimum Gasteiger partial charge on any atom is -0.400 e. The van der Waals surface area contributed by atoms with E-state index in [9.17, 15) is 4.39 Å². The van der Waals surface area contributed by atoms with E-state index >= 15 is 0 Å². The zero-order chi connectivity index (χ0) is 15.0. The third-order valence-electron chi connectivity index (χ3n) is 3.69. The van der Waals surface area contributed by atoms with E-state index in [0.717, 1.165) is 0 Å².